The number of amides is 1. The second-order valence-electron chi connectivity index (χ2n) is 11.6. The van der Waals surface area contributed by atoms with Gasteiger partial charge in [-0.3, -0.25) is 9.69 Å². The molecule has 224 valence electrons. The predicted molar refractivity (Wildman–Crippen MR) is 155 cm³/mol. The topological polar surface area (TPSA) is 112 Å². The number of alkyl halides is 2. The van der Waals surface area contributed by atoms with Crippen molar-refractivity contribution in [3.63, 3.8) is 0 Å². The van der Waals surface area contributed by atoms with Crippen molar-refractivity contribution in [1.82, 2.24) is 25.0 Å². The number of nitrogens with one attached hydrogen (secondary N) is 2. The second-order valence-corrected chi connectivity index (χ2v) is 11.6. The molecule has 11 heteroatoms. The van der Waals surface area contributed by atoms with Crippen LogP contribution < -0.4 is 10.6 Å². The minimum atomic E-state index is -2.86. The summed E-state index contributed by atoms with van der Waals surface area (Å²) in [5.41, 5.74) is 4.80. The van der Waals surface area contributed by atoms with E-state index in [0.29, 0.717) is 30.6 Å². The summed E-state index contributed by atoms with van der Waals surface area (Å²) in [6.45, 7) is 4.84. The van der Waals surface area contributed by atoms with E-state index in [1.807, 2.05) is 32.0 Å². The number of carboxylic acids is 1. The summed E-state index contributed by atoms with van der Waals surface area (Å²) in [5.74, 6) is -3.95. The largest absolute Gasteiger partial charge is 0.480 e. The molecule has 0 bridgehead atoms. The van der Waals surface area contributed by atoms with Crippen molar-refractivity contribution in [2.75, 3.05) is 31.5 Å². The summed E-state index contributed by atoms with van der Waals surface area (Å²) in [6.07, 6.45) is 3.06. The van der Waals surface area contributed by atoms with Gasteiger partial charge in [0.15, 0.2) is 0 Å². The molecule has 5 rings (SSSR count). The number of halogens is 2. The molecule has 2 aromatic heterocycles. The van der Waals surface area contributed by atoms with Gasteiger partial charge in [0.2, 0.25) is 0 Å². The van der Waals surface area contributed by atoms with E-state index < -0.39 is 30.4 Å². The lowest BCUT2D eigenvalue weighted by Crippen LogP contribution is -2.49. The Morgan fingerprint density at radius 1 is 1.21 bits per heavy atom. The van der Waals surface area contributed by atoms with E-state index in [4.69, 9.17) is 0 Å². The van der Waals surface area contributed by atoms with Gasteiger partial charge in [-0.05, 0) is 87.8 Å². The molecule has 4 heterocycles. The van der Waals surface area contributed by atoms with Crippen LogP contribution in [0.4, 0.5) is 14.6 Å². The molecule has 1 fully saturated rings. The summed E-state index contributed by atoms with van der Waals surface area (Å²) in [5, 5.41) is 20.1. The number of likely N-dealkylation sites (tertiary alicyclic amines) is 1. The molecule has 2 atom stereocenters. The van der Waals surface area contributed by atoms with Crippen LogP contribution in [0.2, 0.25) is 0 Å². The first-order chi connectivity index (χ1) is 20.1. The third-order valence-corrected chi connectivity index (χ3v) is 8.02. The smallest absolute Gasteiger partial charge is 0.326 e. The van der Waals surface area contributed by atoms with Gasteiger partial charge in [0.05, 0.1) is 17.9 Å². The number of aliphatic carboxylic acids is 1. The monoisotopic (exact) mass is 580 g/mol. The number of carboxylic acid groups (broad SMARTS) is 1. The van der Waals surface area contributed by atoms with Crippen molar-refractivity contribution >= 4 is 17.7 Å². The first kappa shape index (κ1) is 29.6. The van der Waals surface area contributed by atoms with Gasteiger partial charge in [-0.1, -0.05) is 12.1 Å². The van der Waals surface area contributed by atoms with Crippen molar-refractivity contribution in [2.45, 2.75) is 64.3 Å². The summed E-state index contributed by atoms with van der Waals surface area (Å²) >= 11 is 0. The molecule has 3 aromatic rings. The molecule has 0 saturated carbocycles. The fourth-order valence-electron chi connectivity index (χ4n) is 6.01. The molecule has 2 aliphatic heterocycles. The van der Waals surface area contributed by atoms with E-state index in [-0.39, 0.29) is 25.3 Å². The lowest BCUT2D eigenvalue weighted by Gasteiger charge is -2.38. The van der Waals surface area contributed by atoms with Gasteiger partial charge >= 0.3 is 5.97 Å². The highest BCUT2D eigenvalue weighted by atomic mass is 19.3. The average Bonchev–Trinajstić information content (AvgIpc) is 3.30. The molecule has 0 aliphatic carbocycles. The number of carbonyl (C=O) groups is 2. The van der Waals surface area contributed by atoms with Crippen LogP contribution >= 0.6 is 0 Å². The maximum atomic E-state index is 14.7. The standard InChI is InChI=1S/C31H38F2N6O3/c1-20-15-21(2)39(37-20)26-7-3-5-24(16-26)29(40)36-27(30(41)42)12-14-38-18-22(17-31(32,33)19-38)8-10-25-11-9-23-6-4-13-34-28(23)35-25/h3,5,7,9,11,15-16,22,27H,4,6,8,10,12-14,17-19H2,1-2H3,(H,34,35)(H,36,40)(H,41,42)/t22?,27-/m0/s1. The van der Waals surface area contributed by atoms with Crippen molar-refractivity contribution in [3.8, 4) is 5.69 Å². The highest BCUT2D eigenvalue weighted by Gasteiger charge is 2.40. The third-order valence-electron chi connectivity index (χ3n) is 8.02. The van der Waals surface area contributed by atoms with Crippen molar-refractivity contribution < 1.29 is 23.5 Å². The van der Waals surface area contributed by atoms with Crippen molar-refractivity contribution in [1.29, 1.82) is 0 Å². The molecular formula is C31H38F2N6O3. The Bertz CT molecular complexity index is 1440. The second kappa shape index (κ2) is 12.6. The lowest BCUT2D eigenvalue weighted by molar-refractivity contribution is -0.139. The zero-order valence-corrected chi connectivity index (χ0v) is 24.1. The summed E-state index contributed by atoms with van der Waals surface area (Å²) in [6, 6.07) is 11.5. The van der Waals surface area contributed by atoms with Crippen molar-refractivity contribution in [3.05, 3.63) is 70.7 Å². The third kappa shape index (κ3) is 7.31. The number of carbonyl (C=O) groups excluding carboxylic acids is 1. The highest BCUT2D eigenvalue weighted by molar-refractivity contribution is 5.97. The number of hydrogen-bond donors (Lipinski definition) is 3. The van der Waals surface area contributed by atoms with Gasteiger partial charge in [-0.15, -0.1) is 0 Å². The molecule has 9 nitrogen and oxygen atoms in total. The number of piperidine rings is 1. The molecule has 3 N–H and O–H groups in total. The molecule has 0 radical (unpaired) electrons. The zero-order valence-electron chi connectivity index (χ0n) is 24.1. The van der Waals surface area contributed by atoms with E-state index in [9.17, 15) is 23.5 Å². The number of fused-ring (bicyclic) bond motifs is 1. The van der Waals surface area contributed by atoms with E-state index in [1.165, 1.54) is 5.56 Å². The van der Waals surface area contributed by atoms with Crippen LogP contribution in [-0.2, 0) is 17.6 Å². The molecule has 1 unspecified atom stereocenters. The van der Waals surface area contributed by atoms with Gasteiger partial charge in [0, 0.05) is 43.0 Å². The molecule has 1 aromatic carbocycles. The molecule has 0 spiro atoms. The van der Waals surface area contributed by atoms with Crippen LogP contribution in [0.25, 0.3) is 5.69 Å². The SMILES string of the molecule is Cc1cc(C)n(-c2cccc(C(=O)N[C@@H](CCN3CC(CCc4ccc5c(n4)NCCC5)CC(F)(F)C3)C(=O)O)c2)n1. The summed E-state index contributed by atoms with van der Waals surface area (Å²) in [4.78, 5) is 31.3. The molecule has 42 heavy (non-hydrogen) atoms. The van der Waals surface area contributed by atoms with Gasteiger partial charge in [0.25, 0.3) is 11.8 Å². The number of nitrogens with zero attached hydrogens (tertiary/aromatic N) is 4. The van der Waals surface area contributed by atoms with Crippen LogP contribution in [0.5, 0.6) is 0 Å². The van der Waals surface area contributed by atoms with Crippen LogP contribution in [0.15, 0.2) is 42.5 Å². The maximum Gasteiger partial charge on any atom is 0.326 e. The predicted octanol–water partition coefficient (Wildman–Crippen LogP) is 4.41. The summed E-state index contributed by atoms with van der Waals surface area (Å²) in [7, 11) is 0. The number of benzene rings is 1. The maximum absolute atomic E-state index is 14.7. The number of aryl methyl sites for hydroxylation is 4. The fourth-order valence-corrected chi connectivity index (χ4v) is 6.01. The van der Waals surface area contributed by atoms with E-state index >= 15 is 0 Å². The van der Waals surface area contributed by atoms with Gasteiger partial charge < -0.3 is 15.7 Å². The average molecular weight is 581 g/mol. The number of hydrogen-bond acceptors (Lipinski definition) is 6. The lowest BCUT2D eigenvalue weighted by atomic mass is 9.90. The number of aromatic nitrogens is 3. The zero-order chi connectivity index (χ0) is 29.9. The first-order valence-corrected chi connectivity index (χ1v) is 14.6. The first-order valence-electron chi connectivity index (χ1n) is 14.6. The van der Waals surface area contributed by atoms with E-state index in [0.717, 1.165) is 42.3 Å². The molecule has 1 amide bonds. The van der Waals surface area contributed by atoms with Crippen LogP contribution in [0, 0.1) is 19.8 Å². The number of anilines is 1. The number of pyridine rings is 1. The Kier molecular flexibility index (Phi) is 8.86. The molecule has 2 aliphatic rings. The number of rotatable bonds is 10. The normalized spacial score (nSPS) is 19.0. The van der Waals surface area contributed by atoms with Crippen molar-refractivity contribution in [2.24, 2.45) is 5.92 Å². The van der Waals surface area contributed by atoms with Crippen LogP contribution in [-0.4, -0.2) is 74.8 Å². The Balaban J connectivity index is 1.18. The quantitative estimate of drug-likeness (QED) is 0.326. The van der Waals surface area contributed by atoms with Crippen LogP contribution in [0.3, 0.4) is 0 Å². The van der Waals surface area contributed by atoms with Gasteiger partial charge in [-0.2, -0.15) is 5.10 Å². The van der Waals surface area contributed by atoms with E-state index in [2.05, 4.69) is 26.8 Å². The molecule has 1 saturated heterocycles. The summed E-state index contributed by atoms with van der Waals surface area (Å²) < 4.78 is 31.1. The molecular weight excluding hydrogens is 542 g/mol. The van der Waals surface area contributed by atoms with Crippen LogP contribution in [0.1, 0.15) is 58.7 Å². The fraction of sp³-hybridized carbons (Fsp3) is 0.484. The Hall–Kier alpha value is -3.86. The van der Waals surface area contributed by atoms with Gasteiger partial charge in [0.1, 0.15) is 11.9 Å². The van der Waals surface area contributed by atoms with E-state index in [1.54, 1.807) is 27.8 Å². The Morgan fingerprint density at radius 2 is 2.05 bits per heavy atom. The Labute approximate surface area is 244 Å². The van der Waals surface area contributed by atoms with Gasteiger partial charge in [-0.25, -0.2) is 23.2 Å². The Morgan fingerprint density at radius 3 is 2.81 bits per heavy atom. The highest BCUT2D eigenvalue weighted by Crippen LogP contribution is 2.33. The minimum Gasteiger partial charge on any atom is -0.480 e. The minimum absolute atomic E-state index is 0.0130.